The zero-order chi connectivity index (χ0) is 12.8. The molecule has 1 unspecified atom stereocenters. The molecule has 1 rings (SSSR count). The summed E-state index contributed by atoms with van der Waals surface area (Å²) in [4.78, 5) is 13.8. The highest BCUT2D eigenvalue weighted by Gasteiger charge is 2.14. The lowest BCUT2D eigenvalue weighted by Gasteiger charge is -2.21. The van der Waals surface area contributed by atoms with Crippen molar-refractivity contribution in [1.82, 2.24) is 15.0 Å². The van der Waals surface area contributed by atoms with E-state index in [-0.39, 0.29) is 17.2 Å². The Morgan fingerprint density at radius 1 is 1.47 bits per heavy atom. The van der Waals surface area contributed by atoms with Gasteiger partial charge in [-0.25, -0.2) is 0 Å². The highest BCUT2D eigenvalue weighted by Crippen LogP contribution is 2.15. The maximum absolute atomic E-state index is 8.80. The molecule has 0 aliphatic rings. The van der Waals surface area contributed by atoms with Gasteiger partial charge in [0.15, 0.2) is 0 Å². The van der Waals surface area contributed by atoms with Gasteiger partial charge >= 0.3 is 6.01 Å². The van der Waals surface area contributed by atoms with Crippen LogP contribution in [-0.2, 0) is 0 Å². The third kappa shape index (κ3) is 3.71. The van der Waals surface area contributed by atoms with Crippen LogP contribution in [0.15, 0.2) is 0 Å². The number of ether oxygens (including phenoxy) is 1. The zero-order valence-electron chi connectivity index (χ0n) is 10.0. The Bertz CT molecular complexity index is 420. The summed E-state index contributed by atoms with van der Waals surface area (Å²) < 4.78 is 4.92. The van der Waals surface area contributed by atoms with Gasteiger partial charge in [0, 0.05) is 13.1 Å². The van der Waals surface area contributed by atoms with E-state index in [9.17, 15) is 0 Å². The summed E-state index contributed by atoms with van der Waals surface area (Å²) in [5.74, 6) is 0.308. The van der Waals surface area contributed by atoms with Crippen LogP contribution in [0.25, 0.3) is 0 Å². The lowest BCUT2D eigenvalue weighted by molar-refractivity contribution is 0.378. The van der Waals surface area contributed by atoms with Gasteiger partial charge in [-0.15, -0.1) is 0 Å². The van der Waals surface area contributed by atoms with Gasteiger partial charge < -0.3 is 9.64 Å². The number of hydrogen-bond acceptors (Lipinski definition) is 6. The first-order valence-electron chi connectivity index (χ1n) is 5.20. The van der Waals surface area contributed by atoms with Crippen molar-refractivity contribution < 1.29 is 4.74 Å². The van der Waals surface area contributed by atoms with Gasteiger partial charge in [0.05, 0.1) is 19.1 Å². The minimum atomic E-state index is -0.114. The van der Waals surface area contributed by atoms with Gasteiger partial charge in [-0.2, -0.15) is 20.2 Å². The molecule has 1 aromatic rings. The second-order valence-corrected chi connectivity index (χ2v) is 3.80. The number of rotatable bonds is 5. The maximum atomic E-state index is 8.80. The Labute approximate surface area is 105 Å². The van der Waals surface area contributed by atoms with E-state index < -0.39 is 0 Å². The van der Waals surface area contributed by atoms with Crippen molar-refractivity contribution in [3.63, 3.8) is 0 Å². The van der Waals surface area contributed by atoms with Crippen LogP contribution in [0.2, 0.25) is 5.28 Å². The lowest BCUT2D eigenvalue weighted by atomic mass is 10.2. The molecule has 0 saturated heterocycles. The highest BCUT2D eigenvalue weighted by molar-refractivity contribution is 6.28. The molecule has 0 N–H and O–H groups in total. The second-order valence-electron chi connectivity index (χ2n) is 3.46. The Morgan fingerprint density at radius 3 is 2.71 bits per heavy atom. The molecule has 0 aromatic carbocycles. The molecule has 0 aliphatic carbocycles. The third-order valence-electron chi connectivity index (χ3n) is 2.14. The Kier molecular flexibility index (Phi) is 4.91. The molecule has 0 fully saturated rings. The smallest absolute Gasteiger partial charge is 0.322 e. The molecule has 0 bridgehead atoms. The fourth-order valence-corrected chi connectivity index (χ4v) is 1.43. The second kappa shape index (κ2) is 6.21. The molecule has 6 nitrogen and oxygen atoms in total. The predicted octanol–water partition coefficient (Wildman–Crippen LogP) is 1.52. The summed E-state index contributed by atoms with van der Waals surface area (Å²) in [6.07, 6.45) is 0. The van der Waals surface area contributed by atoms with Crippen LogP contribution >= 0.6 is 11.6 Å². The number of nitrogens with zero attached hydrogens (tertiary/aromatic N) is 5. The highest BCUT2D eigenvalue weighted by atomic mass is 35.5. The van der Waals surface area contributed by atoms with E-state index in [2.05, 4.69) is 21.0 Å². The first-order valence-corrected chi connectivity index (χ1v) is 5.58. The Morgan fingerprint density at radius 2 is 2.18 bits per heavy atom. The van der Waals surface area contributed by atoms with Crippen LogP contribution in [0.3, 0.4) is 0 Å². The Balaban J connectivity index is 2.95. The van der Waals surface area contributed by atoms with E-state index in [0.29, 0.717) is 19.0 Å². The molecule has 0 spiro atoms. The van der Waals surface area contributed by atoms with E-state index in [0.717, 1.165) is 0 Å². The molecule has 1 atom stereocenters. The number of nitriles is 1. The average molecular weight is 256 g/mol. The van der Waals surface area contributed by atoms with Crippen LogP contribution in [0.5, 0.6) is 6.01 Å². The Hall–Kier alpha value is -1.61. The molecule has 7 heteroatoms. The summed E-state index contributed by atoms with van der Waals surface area (Å²) in [5.41, 5.74) is 0. The van der Waals surface area contributed by atoms with Gasteiger partial charge in [-0.05, 0) is 25.4 Å². The van der Waals surface area contributed by atoms with E-state index in [1.807, 2.05) is 18.7 Å². The van der Waals surface area contributed by atoms with Crippen molar-refractivity contribution in [1.29, 1.82) is 5.26 Å². The van der Waals surface area contributed by atoms with Crippen LogP contribution in [0.4, 0.5) is 5.95 Å². The third-order valence-corrected chi connectivity index (χ3v) is 2.31. The SMILES string of the molecule is CCN(CC(C)C#N)c1nc(Cl)nc(OC)n1. The number of methoxy groups -OCH3 is 1. The number of anilines is 1. The maximum Gasteiger partial charge on any atom is 0.322 e. The summed E-state index contributed by atoms with van der Waals surface area (Å²) in [5, 5.41) is 8.88. The number of aromatic nitrogens is 3. The molecule has 17 heavy (non-hydrogen) atoms. The van der Waals surface area contributed by atoms with Crippen molar-refractivity contribution in [2.45, 2.75) is 13.8 Å². The van der Waals surface area contributed by atoms with Crippen molar-refractivity contribution in [3.8, 4) is 12.1 Å². The summed E-state index contributed by atoms with van der Waals surface area (Å²) in [6, 6.07) is 2.34. The van der Waals surface area contributed by atoms with Crippen LogP contribution in [0, 0.1) is 17.2 Å². The molecular formula is C10H14ClN5O. The van der Waals surface area contributed by atoms with Crippen molar-refractivity contribution in [2.24, 2.45) is 5.92 Å². The minimum absolute atomic E-state index is 0.0786. The molecule has 1 heterocycles. The fourth-order valence-electron chi connectivity index (χ4n) is 1.28. The first-order chi connectivity index (χ1) is 8.10. The van der Waals surface area contributed by atoms with Gasteiger partial charge in [0.1, 0.15) is 0 Å². The average Bonchev–Trinajstić information content (AvgIpc) is 2.34. The van der Waals surface area contributed by atoms with E-state index in [4.69, 9.17) is 21.6 Å². The molecular weight excluding hydrogens is 242 g/mol. The van der Waals surface area contributed by atoms with Crippen molar-refractivity contribution in [2.75, 3.05) is 25.1 Å². The lowest BCUT2D eigenvalue weighted by Crippen LogP contribution is -2.29. The molecule has 0 saturated carbocycles. The van der Waals surface area contributed by atoms with E-state index in [1.54, 1.807) is 0 Å². The monoisotopic (exact) mass is 255 g/mol. The number of hydrogen-bond donors (Lipinski definition) is 0. The molecule has 0 radical (unpaired) electrons. The summed E-state index contributed by atoms with van der Waals surface area (Å²) >= 11 is 5.77. The van der Waals surface area contributed by atoms with Crippen LogP contribution in [0.1, 0.15) is 13.8 Å². The van der Waals surface area contributed by atoms with Crippen LogP contribution in [-0.4, -0.2) is 35.2 Å². The van der Waals surface area contributed by atoms with Gasteiger partial charge in [0.25, 0.3) is 0 Å². The quantitative estimate of drug-likeness (QED) is 0.794. The van der Waals surface area contributed by atoms with Crippen LogP contribution < -0.4 is 9.64 Å². The predicted molar refractivity (Wildman–Crippen MR) is 64.1 cm³/mol. The summed E-state index contributed by atoms with van der Waals surface area (Å²) in [7, 11) is 1.46. The summed E-state index contributed by atoms with van der Waals surface area (Å²) in [6.45, 7) is 5.00. The standard InChI is InChI=1S/C10H14ClN5O/c1-4-16(6-7(2)5-12)9-13-8(11)14-10(15-9)17-3/h7H,4,6H2,1-3H3. The molecule has 0 amide bonds. The van der Waals surface area contributed by atoms with Crippen molar-refractivity contribution in [3.05, 3.63) is 5.28 Å². The van der Waals surface area contributed by atoms with Gasteiger partial charge in [-0.1, -0.05) is 0 Å². The van der Waals surface area contributed by atoms with Gasteiger partial charge in [0.2, 0.25) is 11.2 Å². The normalized spacial score (nSPS) is 11.7. The van der Waals surface area contributed by atoms with E-state index >= 15 is 0 Å². The fraction of sp³-hybridized carbons (Fsp3) is 0.600. The molecule has 92 valence electrons. The number of halogens is 1. The molecule has 1 aromatic heterocycles. The largest absolute Gasteiger partial charge is 0.467 e. The van der Waals surface area contributed by atoms with Crippen molar-refractivity contribution >= 4 is 17.5 Å². The zero-order valence-corrected chi connectivity index (χ0v) is 10.8. The minimum Gasteiger partial charge on any atom is -0.467 e. The molecule has 0 aliphatic heterocycles. The topological polar surface area (TPSA) is 74.9 Å². The van der Waals surface area contributed by atoms with Gasteiger partial charge in [-0.3, -0.25) is 0 Å². The first kappa shape index (κ1) is 13.5. The van der Waals surface area contributed by atoms with E-state index in [1.165, 1.54) is 7.11 Å².